The number of amides is 1. The zero-order valence-electron chi connectivity index (χ0n) is 15.7. The minimum Gasteiger partial charge on any atom is -0.360 e. The molecule has 0 fully saturated rings. The summed E-state index contributed by atoms with van der Waals surface area (Å²) in [7, 11) is 0. The number of hydrazone groups is 1. The van der Waals surface area contributed by atoms with E-state index in [2.05, 4.69) is 25.9 Å². The lowest BCUT2D eigenvalue weighted by Gasteiger charge is -2.05. The van der Waals surface area contributed by atoms with E-state index in [1.165, 1.54) is 6.21 Å². The molecular formula is C21H15Cl2N5O2. The third-order valence-electron chi connectivity index (χ3n) is 4.39. The van der Waals surface area contributed by atoms with Crippen molar-refractivity contribution in [2.75, 3.05) is 0 Å². The molecule has 0 saturated carbocycles. The fraction of sp³-hybridized carbons (Fsp3) is 0.0476. The van der Waals surface area contributed by atoms with Crippen LogP contribution in [0.15, 0.2) is 64.4 Å². The minimum absolute atomic E-state index is 0.206. The predicted octanol–water partition coefficient (Wildman–Crippen LogP) is 5.11. The Morgan fingerprint density at radius 1 is 1.13 bits per heavy atom. The van der Waals surface area contributed by atoms with E-state index in [0.717, 1.165) is 16.8 Å². The van der Waals surface area contributed by atoms with Gasteiger partial charge in [0.15, 0.2) is 0 Å². The number of aromatic nitrogens is 3. The number of aromatic amines is 1. The molecule has 30 heavy (non-hydrogen) atoms. The van der Waals surface area contributed by atoms with Crippen LogP contribution in [0.25, 0.3) is 22.5 Å². The van der Waals surface area contributed by atoms with E-state index in [1.54, 1.807) is 31.3 Å². The molecule has 2 aromatic heterocycles. The smallest absolute Gasteiger partial charge is 0.277 e. The van der Waals surface area contributed by atoms with Gasteiger partial charge in [0.25, 0.3) is 5.91 Å². The van der Waals surface area contributed by atoms with Crippen LogP contribution < -0.4 is 5.43 Å². The molecular weight excluding hydrogens is 425 g/mol. The van der Waals surface area contributed by atoms with E-state index in [9.17, 15) is 4.79 Å². The molecule has 0 unspecified atom stereocenters. The first-order valence-electron chi connectivity index (χ1n) is 8.89. The van der Waals surface area contributed by atoms with Crippen molar-refractivity contribution in [3.8, 4) is 22.5 Å². The van der Waals surface area contributed by atoms with E-state index < -0.39 is 5.91 Å². The summed E-state index contributed by atoms with van der Waals surface area (Å²) in [5, 5.41) is 15.7. The monoisotopic (exact) mass is 439 g/mol. The van der Waals surface area contributed by atoms with Gasteiger partial charge in [-0.25, -0.2) is 5.43 Å². The van der Waals surface area contributed by atoms with Crippen LogP contribution in [-0.2, 0) is 0 Å². The molecule has 0 saturated heterocycles. The molecule has 0 radical (unpaired) electrons. The van der Waals surface area contributed by atoms with Crippen molar-refractivity contribution in [1.82, 2.24) is 20.8 Å². The third-order valence-corrected chi connectivity index (χ3v) is 5.02. The summed E-state index contributed by atoms with van der Waals surface area (Å²) in [6.45, 7) is 1.63. The fourth-order valence-corrected chi connectivity index (χ4v) is 3.56. The summed E-state index contributed by atoms with van der Waals surface area (Å²) >= 11 is 12.5. The van der Waals surface area contributed by atoms with Crippen molar-refractivity contribution in [3.63, 3.8) is 0 Å². The van der Waals surface area contributed by atoms with Gasteiger partial charge in [0.05, 0.1) is 28.2 Å². The standard InChI is InChI=1S/C21H15Cl2N5O2/c1-12-17(20(28-30-12)18-15(22)8-5-9-16(18)23)21(29)27-25-11-14-10-24-26-19(14)13-6-3-2-4-7-13/h2-11H,1H3,(H,24,26)(H,27,29)/b25-11-. The first-order chi connectivity index (χ1) is 14.6. The predicted molar refractivity (Wildman–Crippen MR) is 116 cm³/mol. The molecule has 0 bridgehead atoms. The van der Waals surface area contributed by atoms with Crippen LogP contribution in [0.3, 0.4) is 0 Å². The Balaban J connectivity index is 1.59. The van der Waals surface area contributed by atoms with Crippen molar-refractivity contribution in [2.45, 2.75) is 6.92 Å². The summed E-state index contributed by atoms with van der Waals surface area (Å²) in [6.07, 6.45) is 3.13. The van der Waals surface area contributed by atoms with Crippen LogP contribution in [0.1, 0.15) is 21.7 Å². The molecule has 2 heterocycles. The van der Waals surface area contributed by atoms with Crippen LogP contribution in [0.5, 0.6) is 0 Å². The number of hydrogen-bond donors (Lipinski definition) is 2. The second kappa shape index (κ2) is 8.52. The fourth-order valence-electron chi connectivity index (χ4n) is 2.98. The number of carbonyl (C=O) groups is 1. The van der Waals surface area contributed by atoms with Crippen LogP contribution >= 0.6 is 23.2 Å². The zero-order valence-corrected chi connectivity index (χ0v) is 17.2. The third kappa shape index (κ3) is 3.85. The second-order valence-electron chi connectivity index (χ2n) is 6.32. The first kappa shape index (κ1) is 19.9. The van der Waals surface area contributed by atoms with Crippen molar-refractivity contribution >= 4 is 35.3 Å². The Morgan fingerprint density at radius 2 is 1.87 bits per heavy atom. The molecule has 7 nitrogen and oxygen atoms in total. The van der Waals surface area contributed by atoms with Crippen molar-refractivity contribution in [3.05, 3.63) is 81.7 Å². The Bertz CT molecular complexity index is 1210. The average Bonchev–Trinajstić information content (AvgIpc) is 3.35. The maximum atomic E-state index is 12.8. The SMILES string of the molecule is Cc1onc(-c2c(Cl)cccc2Cl)c1C(=O)N/N=C\c1cn[nH]c1-c1ccccc1. The summed E-state index contributed by atoms with van der Waals surface area (Å²) in [4.78, 5) is 12.8. The molecule has 2 aromatic carbocycles. The van der Waals surface area contributed by atoms with Crippen LogP contribution in [0.4, 0.5) is 0 Å². The van der Waals surface area contributed by atoms with Crippen LogP contribution in [0.2, 0.25) is 10.0 Å². The number of nitrogens with one attached hydrogen (secondary N) is 2. The minimum atomic E-state index is -0.499. The lowest BCUT2D eigenvalue weighted by atomic mass is 10.1. The van der Waals surface area contributed by atoms with Gasteiger partial charge in [0.1, 0.15) is 17.0 Å². The quantitative estimate of drug-likeness (QED) is 0.333. The highest BCUT2D eigenvalue weighted by molar-refractivity contribution is 6.39. The van der Waals surface area contributed by atoms with Gasteiger partial charge in [-0.15, -0.1) is 0 Å². The summed E-state index contributed by atoms with van der Waals surface area (Å²) < 4.78 is 5.22. The maximum Gasteiger partial charge on any atom is 0.277 e. The van der Waals surface area contributed by atoms with Gasteiger partial charge in [-0.05, 0) is 19.1 Å². The summed E-state index contributed by atoms with van der Waals surface area (Å²) in [5.74, 6) is -0.178. The van der Waals surface area contributed by atoms with Gasteiger partial charge in [0, 0.05) is 16.7 Å². The highest BCUT2D eigenvalue weighted by Gasteiger charge is 2.24. The second-order valence-corrected chi connectivity index (χ2v) is 7.14. The maximum absolute atomic E-state index is 12.8. The number of nitrogens with zero attached hydrogens (tertiary/aromatic N) is 3. The lowest BCUT2D eigenvalue weighted by Crippen LogP contribution is -2.19. The van der Waals surface area contributed by atoms with Crippen molar-refractivity contribution in [1.29, 1.82) is 0 Å². The Labute approximate surface area is 181 Å². The van der Waals surface area contributed by atoms with Gasteiger partial charge >= 0.3 is 0 Å². The van der Waals surface area contributed by atoms with E-state index in [1.807, 2.05) is 30.3 Å². The molecule has 4 aromatic rings. The average molecular weight is 440 g/mol. The van der Waals surface area contributed by atoms with Gasteiger partial charge in [0.2, 0.25) is 0 Å². The molecule has 0 aliphatic carbocycles. The van der Waals surface area contributed by atoms with Crippen molar-refractivity contribution in [2.24, 2.45) is 5.10 Å². The van der Waals surface area contributed by atoms with Gasteiger partial charge < -0.3 is 4.52 Å². The normalized spacial score (nSPS) is 11.2. The van der Waals surface area contributed by atoms with Crippen LogP contribution in [0, 0.1) is 6.92 Å². The molecule has 2 N–H and O–H groups in total. The molecule has 1 amide bonds. The van der Waals surface area contributed by atoms with Crippen LogP contribution in [-0.4, -0.2) is 27.5 Å². The summed E-state index contributed by atoms with van der Waals surface area (Å²) in [5.41, 5.74) is 5.84. The first-order valence-corrected chi connectivity index (χ1v) is 9.64. The number of rotatable bonds is 5. The number of benzene rings is 2. The number of carbonyl (C=O) groups excluding carboxylic acids is 1. The summed E-state index contributed by atoms with van der Waals surface area (Å²) in [6, 6.07) is 14.7. The molecule has 0 aliphatic heterocycles. The topological polar surface area (TPSA) is 96.2 Å². The molecule has 0 atom stereocenters. The number of halogens is 2. The zero-order chi connectivity index (χ0) is 21.1. The van der Waals surface area contributed by atoms with E-state index in [0.29, 0.717) is 21.4 Å². The number of H-pyrrole nitrogens is 1. The van der Waals surface area contributed by atoms with E-state index in [-0.39, 0.29) is 11.3 Å². The number of aryl methyl sites for hydroxylation is 1. The van der Waals surface area contributed by atoms with Gasteiger partial charge in [-0.3, -0.25) is 9.89 Å². The highest BCUT2D eigenvalue weighted by atomic mass is 35.5. The molecule has 4 rings (SSSR count). The molecule has 0 aliphatic rings. The largest absolute Gasteiger partial charge is 0.360 e. The van der Waals surface area contributed by atoms with Gasteiger partial charge in [-0.2, -0.15) is 10.2 Å². The van der Waals surface area contributed by atoms with E-state index in [4.69, 9.17) is 27.7 Å². The molecule has 150 valence electrons. The molecule has 9 heteroatoms. The lowest BCUT2D eigenvalue weighted by molar-refractivity contribution is 0.0954. The Hall–Kier alpha value is -3.42. The van der Waals surface area contributed by atoms with Crippen molar-refractivity contribution < 1.29 is 9.32 Å². The van der Waals surface area contributed by atoms with E-state index >= 15 is 0 Å². The Kier molecular flexibility index (Phi) is 5.65. The highest BCUT2D eigenvalue weighted by Crippen LogP contribution is 2.36. The Morgan fingerprint density at radius 3 is 2.60 bits per heavy atom. The molecule has 0 spiro atoms. The number of hydrogen-bond acceptors (Lipinski definition) is 5. The van der Waals surface area contributed by atoms with Gasteiger partial charge in [-0.1, -0.05) is 64.8 Å².